The second kappa shape index (κ2) is 9.56. The van der Waals surface area contributed by atoms with Gasteiger partial charge in [-0.2, -0.15) is 5.10 Å². The fourth-order valence-corrected chi connectivity index (χ4v) is 3.71. The molecule has 1 amide bonds. The Morgan fingerprint density at radius 3 is 2.23 bits per heavy atom. The monoisotopic (exact) mass is 441 g/mol. The van der Waals surface area contributed by atoms with Crippen LogP contribution in [0.3, 0.4) is 0 Å². The summed E-state index contributed by atoms with van der Waals surface area (Å²) in [5.41, 5.74) is 5.02. The van der Waals surface area contributed by atoms with E-state index in [9.17, 15) is 13.2 Å². The highest BCUT2D eigenvalue weighted by Crippen LogP contribution is 2.20. The van der Waals surface area contributed by atoms with Gasteiger partial charge in [-0.3, -0.25) is 9.10 Å². The molecule has 30 heavy (non-hydrogen) atoms. The summed E-state index contributed by atoms with van der Waals surface area (Å²) in [4.78, 5) is 12.3. The van der Waals surface area contributed by atoms with E-state index in [0.29, 0.717) is 16.3 Å². The van der Waals surface area contributed by atoms with E-state index in [2.05, 4.69) is 10.5 Å². The summed E-state index contributed by atoms with van der Waals surface area (Å²) in [7, 11) is -3.46. The van der Waals surface area contributed by atoms with Crippen molar-refractivity contribution in [1.29, 1.82) is 0 Å². The Bertz CT molecular complexity index is 1130. The first-order valence-corrected chi connectivity index (χ1v) is 11.3. The first kappa shape index (κ1) is 21.5. The lowest BCUT2D eigenvalue weighted by molar-refractivity contribution is 0.0955. The van der Waals surface area contributed by atoms with Crippen molar-refractivity contribution in [3.8, 4) is 0 Å². The van der Waals surface area contributed by atoms with Gasteiger partial charge in [-0.1, -0.05) is 54.1 Å². The highest BCUT2D eigenvalue weighted by molar-refractivity contribution is 7.92. The second-order valence-corrected chi connectivity index (χ2v) is 8.90. The Balaban J connectivity index is 1.66. The summed E-state index contributed by atoms with van der Waals surface area (Å²) in [5, 5.41) is 4.56. The van der Waals surface area contributed by atoms with E-state index in [4.69, 9.17) is 11.6 Å². The van der Waals surface area contributed by atoms with Gasteiger partial charge in [0.15, 0.2) is 0 Å². The van der Waals surface area contributed by atoms with E-state index in [1.807, 2.05) is 6.07 Å². The number of benzene rings is 3. The number of hydrazone groups is 1. The van der Waals surface area contributed by atoms with Crippen LogP contribution in [-0.4, -0.2) is 26.8 Å². The molecular weight excluding hydrogens is 422 g/mol. The summed E-state index contributed by atoms with van der Waals surface area (Å²) < 4.78 is 25.7. The van der Waals surface area contributed by atoms with Gasteiger partial charge in [0.2, 0.25) is 10.0 Å². The molecule has 0 aliphatic heterocycles. The molecule has 8 heteroatoms. The van der Waals surface area contributed by atoms with Crippen LogP contribution in [0.15, 0.2) is 84.0 Å². The molecule has 0 aliphatic rings. The van der Waals surface area contributed by atoms with Crippen LogP contribution in [0, 0.1) is 0 Å². The van der Waals surface area contributed by atoms with Gasteiger partial charge in [-0.15, -0.1) is 0 Å². The molecule has 0 bridgehead atoms. The zero-order valence-electron chi connectivity index (χ0n) is 16.2. The standard InChI is InChI=1S/C22H20ClN3O3S/c1-30(28,29)26(21-5-3-2-4-6-21)16-18-7-11-19(12-8-18)22(27)25-24-15-17-9-13-20(23)14-10-17/h2-15H,16H2,1H3,(H,25,27). The van der Waals surface area contributed by atoms with Crippen molar-refractivity contribution in [2.24, 2.45) is 5.10 Å². The van der Waals surface area contributed by atoms with Crippen LogP contribution in [-0.2, 0) is 16.6 Å². The molecule has 1 N–H and O–H groups in total. The maximum absolute atomic E-state index is 12.3. The molecule has 3 aromatic carbocycles. The smallest absolute Gasteiger partial charge is 0.267 e. The summed E-state index contributed by atoms with van der Waals surface area (Å²) in [6.07, 6.45) is 2.69. The van der Waals surface area contributed by atoms with Crippen LogP contribution in [0.25, 0.3) is 0 Å². The minimum absolute atomic E-state index is 0.166. The van der Waals surface area contributed by atoms with Crippen LogP contribution in [0.2, 0.25) is 5.02 Å². The van der Waals surface area contributed by atoms with Crippen molar-refractivity contribution in [3.63, 3.8) is 0 Å². The maximum Gasteiger partial charge on any atom is 0.271 e. The lowest BCUT2D eigenvalue weighted by Gasteiger charge is -2.22. The van der Waals surface area contributed by atoms with Gasteiger partial charge >= 0.3 is 0 Å². The Hall–Kier alpha value is -3.16. The predicted molar refractivity (Wildman–Crippen MR) is 120 cm³/mol. The molecule has 6 nitrogen and oxygen atoms in total. The molecule has 0 aliphatic carbocycles. The van der Waals surface area contributed by atoms with Gasteiger partial charge in [0.1, 0.15) is 0 Å². The molecule has 0 fully saturated rings. The number of sulfonamides is 1. The number of carbonyl (C=O) groups is 1. The maximum atomic E-state index is 12.3. The third-order valence-corrected chi connectivity index (χ3v) is 5.63. The predicted octanol–water partition coefficient (Wildman–Crippen LogP) is 4.07. The molecule has 0 aromatic heterocycles. The van der Waals surface area contributed by atoms with E-state index in [-0.39, 0.29) is 12.5 Å². The molecule has 0 radical (unpaired) electrons. The van der Waals surface area contributed by atoms with Crippen molar-refractivity contribution in [3.05, 3.63) is 101 Å². The van der Waals surface area contributed by atoms with Crippen LogP contribution in [0.4, 0.5) is 5.69 Å². The summed E-state index contributed by atoms with van der Waals surface area (Å²) in [5.74, 6) is -0.366. The average molecular weight is 442 g/mol. The Kier molecular flexibility index (Phi) is 6.87. The van der Waals surface area contributed by atoms with Gasteiger partial charge in [-0.05, 0) is 47.5 Å². The van der Waals surface area contributed by atoms with E-state index in [1.54, 1.807) is 72.8 Å². The number of nitrogens with one attached hydrogen (secondary N) is 1. The number of carbonyl (C=O) groups excluding carboxylic acids is 1. The Morgan fingerprint density at radius 2 is 1.63 bits per heavy atom. The number of hydrogen-bond donors (Lipinski definition) is 1. The van der Waals surface area contributed by atoms with Crippen molar-refractivity contribution in [2.75, 3.05) is 10.6 Å². The highest BCUT2D eigenvalue weighted by Gasteiger charge is 2.17. The lowest BCUT2D eigenvalue weighted by atomic mass is 10.1. The van der Waals surface area contributed by atoms with Crippen LogP contribution >= 0.6 is 11.6 Å². The lowest BCUT2D eigenvalue weighted by Crippen LogP contribution is -2.29. The molecule has 3 rings (SSSR count). The van der Waals surface area contributed by atoms with Crippen molar-refractivity contribution >= 4 is 39.4 Å². The highest BCUT2D eigenvalue weighted by atomic mass is 35.5. The number of para-hydroxylation sites is 1. The van der Waals surface area contributed by atoms with Crippen molar-refractivity contribution in [1.82, 2.24) is 5.43 Å². The van der Waals surface area contributed by atoms with Crippen molar-refractivity contribution in [2.45, 2.75) is 6.54 Å². The zero-order valence-corrected chi connectivity index (χ0v) is 17.8. The molecule has 0 atom stereocenters. The fraction of sp³-hybridized carbons (Fsp3) is 0.0909. The number of rotatable bonds is 7. The van der Waals surface area contributed by atoms with Gasteiger partial charge in [0.25, 0.3) is 5.91 Å². The number of hydrogen-bond acceptors (Lipinski definition) is 4. The second-order valence-electron chi connectivity index (χ2n) is 6.55. The van der Waals surface area contributed by atoms with Gasteiger partial charge in [0.05, 0.1) is 24.7 Å². The number of nitrogens with zero attached hydrogens (tertiary/aromatic N) is 2. The molecule has 0 heterocycles. The third-order valence-electron chi connectivity index (χ3n) is 4.24. The normalized spacial score (nSPS) is 11.4. The average Bonchev–Trinajstić information content (AvgIpc) is 2.73. The molecule has 154 valence electrons. The molecule has 0 unspecified atom stereocenters. The molecular formula is C22H20ClN3O3S. The SMILES string of the molecule is CS(=O)(=O)N(Cc1ccc(C(=O)NN=Cc2ccc(Cl)cc2)cc1)c1ccccc1. The first-order chi connectivity index (χ1) is 14.3. The zero-order chi connectivity index (χ0) is 21.6. The first-order valence-electron chi connectivity index (χ1n) is 9.03. The van der Waals surface area contributed by atoms with Crippen LogP contribution in [0.5, 0.6) is 0 Å². The van der Waals surface area contributed by atoms with E-state index in [0.717, 1.165) is 11.1 Å². The fourth-order valence-electron chi connectivity index (χ4n) is 2.70. The molecule has 0 saturated carbocycles. The minimum Gasteiger partial charge on any atom is -0.267 e. The Labute approximate surface area is 180 Å². The summed E-state index contributed by atoms with van der Waals surface area (Å²) in [6.45, 7) is 0.166. The third kappa shape index (κ3) is 5.92. The van der Waals surface area contributed by atoms with E-state index in [1.165, 1.54) is 16.8 Å². The van der Waals surface area contributed by atoms with Gasteiger partial charge in [0, 0.05) is 10.6 Å². The molecule has 0 spiro atoms. The van der Waals surface area contributed by atoms with Gasteiger partial charge in [-0.25, -0.2) is 13.8 Å². The summed E-state index contributed by atoms with van der Waals surface area (Å²) in [6, 6.07) is 22.6. The summed E-state index contributed by atoms with van der Waals surface area (Å²) >= 11 is 5.83. The quantitative estimate of drug-likeness (QED) is 0.443. The number of anilines is 1. The van der Waals surface area contributed by atoms with E-state index < -0.39 is 10.0 Å². The number of halogens is 1. The topological polar surface area (TPSA) is 78.8 Å². The van der Waals surface area contributed by atoms with Crippen LogP contribution < -0.4 is 9.73 Å². The minimum atomic E-state index is -3.46. The Morgan fingerprint density at radius 1 is 1.00 bits per heavy atom. The van der Waals surface area contributed by atoms with Gasteiger partial charge < -0.3 is 0 Å². The van der Waals surface area contributed by atoms with E-state index >= 15 is 0 Å². The molecule has 3 aromatic rings. The van der Waals surface area contributed by atoms with Crippen molar-refractivity contribution < 1.29 is 13.2 Å². The largest absolute Gasteiger partial charge is 0.271 e. The van der Waals surface area contributed by atoms with Crippen LogP contribution in [0.1, 0.15) is 21.5 Å². The number of amides is 1. The molecule has 0 saturated heterocycles.